The summed E-state index contributed by atoms with van der Waals surface area (Å²) < 4.78 is 0. The van der Waals surface area contributed by atoms with Crippen molar-refractivity contribution in [2.45, 2.75) is 32.6 Å². The predicted molar refractivity (Wildman–Crippen MR) is 81.8 cm³/mol. The van der Waals surface area contributed by atoms with Crippen LogP contribution in [0.2, 0.25) is 0 Å². The molecule has 0 atom stereocenters. The van der Waals surface area contributed by atoms with Crippen LogP contribution in [0.15, 0.2) is 41.8 Å². The highest BCUT2D eigenvalue weighted by Gasteiger charge is 2.18. The van der Waals surface area contributed by atoms with E-state index < -0.39 is 0 Å². The van der Waals surface area contributed by atoms with Gasteiger partial charge in [0.05, 0.1) is 6.42 Å². The SMILES string of the molecule is CC(C)(C)c1ccccc1NC(=O)Cc1cccs1. The molecule has 0 unspecified atom stereocenters. The molecule has 0 radical (unpaired) electrons. The summed E-state index contributed by atoms with van der Waals surface area (Å²) in [5, 5.41) is 5.01. The number of carbonyl (C=O) groups excluding carboxylic acids is 1. The van der Waals surface area contributed by atoms with Crippen LogP contribution in [0.5, 0.6) is 0 Å². The molecule has 1 heterocycles. The molecule has 0 aliphatic carbocycles. The Morgan fingerprint density at radius 1 is 1.16 bits per heavy atom. The highest BCUT2D eigenvalue weighted by atomic mass is 32.1. The molecular formula is C16H19NOS. The van der Waals surface area contributed by atoms with Gasteiger partial charge in [0.1, 0.15) is 0 Å². The van der Waals surface area contributed by atoms with Gasteiger partial charge in [-0.25, -0.2) is 0 Å². The van der Waals surface area contributed by atoms with Crippen LogP contribution >= 0.6 is 11.3 Å². The smallest absolute Gasteiger partial charge is 0.229 e. The van der Waals surface area contributed by atoms with Crippen LogP contribution in [-0.4, -0.2) is 5.91 Å². The zero-order chi connectivity index (χ0) is 13.9. The maximum Gasteiger partial charge on any atom is 0.229 e. The van der Waals surface area contributed by atoms with E-state index in [2.05, 4.69) is 32.2 Å². The first-order chi connectivity index (χ1) is 8.97. The number of anilines is 1. The van der Waals surface area contributed by atoms with Crippen LogP contribution in [0.3, 0.4) is 0 Å². The molecule has 19 heavy (non-hydrogen) atoms. The normalized spacial score (nSPS) is 11.3. The molecule has 2 aromatic rings. The molecule has 0 fully saturated rings. The average molecular weight is 273 g/mol. The maximum atomic E-state index is 12.1. The van der Waals surface area contributed by atoms with Crippen molar-refractivity contribution in [1.29, 1.82) is 0 Å². The number of carbonyl (C=O) groups is 1. The molecule has 2 rings (SSSR count). The number of rotatable bonds is 3. The number of thiophene rings is 1. The minimum atomic E-state index is 0.0206. The summed E-state index contributed by atoms with van der Waals surface area (Å²) in [7, 11) is 0. The van der Waals surface area contributed by atoms with Gasteiger partial charge in [-0.3, -0.25) is 4.79 Å². The third-order valence-corrected chi connectivity index (χ3v) is 3.80. The fourth-order valence-corrected chi connectivity index (χ4v) is 2.72. The Balaban J connectivity index is 2.13. The van der Waals surface area contributed by atoms with Gasteiger partial charge in [0.25, 0.3) is 0 Å². The van der Waals surface area contributed by atoms with Crippen LogP contribution in [-0.2, 0) is 16.6 Å². The van der Waals surface area contributed by atoms with E-state index in [-0.39, 0.29) is 11.3 Å². The summed E-state index contributed by atoms with van der Waals surface area (Å²) in [5.41, 5.74) is 2.10. The van der Waals surface area contributed by atoms with Gasteiger partial charge in [-0.15, -0.1) is 11.3 Å². The second kappa shape index (κ2) is 5.57. The average Bonchev–Trinajstić information content (AvgIpc) is 2.81. The fourth-order valence-electron chi connectivity index (χ4n) is 2.01. The first-order valence-corrected chi connectivity index (χ1v) is 7.26. The van der Waals surface area contributed by atoms with Crippen molar-refractivity contribution in [2.24, 2.45) is 0 Å². The Morgan fingerprint density at radius 2 is 1.89 bits per heavy atom. The van der Waals surface area contributed by atoms with Gasteiger partial charge in [0.2, 0.25) is 5.91 Å². The number of hydrogen-bond donors (Lipinski definition) is 1. The van der Waals surface area contributed by atoms with E-state index in [1.165, 1.54) is 0 Å². The lowest BCUT2D eigenvalue weighted by Gasteiger charge is -2.22. The molecule has 2 nitrogen and oxygen atoms in total. The molecule has 1 N–H and O–H groups in total. The summed E-state index contributed by atoms with van der Waals surface area (Å²) in [6.45, 7) is 6.45. The van der Waals surface area contributed by atoms with Crippen molar-refractivity contribution < 1.29 is 4.79 Å². The summed E-state index contributed by atoms with van der Waals surface area (Å²) in [6, 6.07) is 12.0. The van der Waals surface area contributed by atoms with E-state index in [1.807, 2.05) is 35.7 Å². The van der Waals surface area contributed by atoms with Crippen molar-refractivity contribution in [2.75, 3.05) is 5.32 Å². The number of para-hydroxylation sites is 1. The molecule has 0 spiro atoms. The summed E-state index contributed by atoms with van der Waals surface area (Å²) in [4.78, 5) is 13.1. The number of amides is 1. The van der Waals surface area contributed by atoms with Crippen LogP contribution in [0, 0.1) is 0 Å². The second-order valence-corrected chi connectivity index (χ2v) is 6.63. The Labute approximate surface area is 118 Å². The van der Waals surface area contributed by atoms with Gasteiger partial charge in [0, 0.05) is 10.6 Å². The zero-order valence-corrected chi connectivity index (χ0v) is 12.4. The van der Waals surface area contributed by atoms with Crippen molar-refractivity contribution >= 4 is 22.9 Å². The second-order valence-electron chi connectivity index (χ2n) is 5.60. The lowest BCUT2D eigenvalue weighted by Crippen LogP contribution is -2.19. The third-order valence-electron chi connectivity index (χ3n) is 2.92. The van der Waals surface area contributed by atoms with E-state index in [1.54, 1.807) is 11.3 Å². The molecular weight excluding hydrogens is 254 g/mol. The Hall–Kier alpha value is -1.61. The van der Waals surface area contributed by atoms with Gasteiger partial charge in [-0.05, 0) is 28.5 Å². The topological polar surface area (TPSA) is 29.1 Å². The molecule has 0 aliphatic heterocycles. The molecule has 0 aliphatic rings. The highest BCUT2D eigenvalue weighted by Crippen LogP contribution is 2.29. The molecule has 3 heteroatoms. The van der Waals surface area contributed by atoms with E-state index in [4.69, 9.17) is 0 Å². The minimum Gasteiger partial charge on any atom is -0.326 e. The van der Waals surface area contributed by atoms with Crippen LogP contribution in [0.1, 0.15) is 31.2 Å². The predicted octanol–water partition coefficient (Wildman–Crippen LogP) is 4.23. The Bertz CT molecular complexity index is 552. The van der Waals surface area contributed by atoms with Gasteiger partial charge < -0.3 is 5.32 Å². The van der Waals surface area contributed by atoms with Crippen LogP contribution in [0.4, 0.5) is 5.69 Å². The fraction of sp³-hybridized carbons (Fsp3) is 0.312. The first-order valence-electron chi connectivity index (χ1n) is 6.38. The minimum absolute atomic E-state index is 0.0206. The van der Waals surface area contributed by atoms with E-state index in [9.17, 15) is 4.79 Å². The standard InChI is InChI=1S/C16H19NOS/c1-16(2,3)13-8-4-5-9-14(13)17-15(18)11-12-7-6-10-19-12/h4-10H,11H2,1-3H3,(H,17,18). The third kappa shape index (κ3) is 3.67. The van der Waals surface area contributed by atoms with Crippen LogP contribution < -0.4 is 5.32 Å². The summed E-state index contributed by atoms with van der Waals surface area (Å²) in [6.07, 6.45) is 0.441. The van der Waals surface area contributed by atoms with Gasteiger partial charge in [-0.2, -0.15) is 0 Å². The maximum absolute atomic E-state index is 12.1. The van der Waals surface area contributed by atoms with Crippen LogP contribution in [0.25, 0.3) is 0 Å². The van der Waals surface area contributed by atoms with Crippen molar-refractivity contribution in [1.82, 2.24) is 0 Å². The van der Waals surface area contributed by atoms with Crippen molar-refractivity contribution in [3.63, 3.8) is 0 Å². The van der Waals surface area contributed by atoms with Crippen molar-refractivity contribution in [3.8, 4) is 0 Å². The molecule has 1 amide bonds. The number of nitrogens with one attached hydrogen (secondary N) is 1. The van der Waals surface area contributed by atoms with Gasteiger partial charge in [-0.1, -0.05) is 45.0 Å². The number of hydrogen-bond acceptors (Lipinski definition) is 2. The highest BCUT2D eigenvalue weighted by molar-refractivity contribution is 7.10. The zero-order valence-electron chi connectivity index (χ0n) is 11.6. The van der Waals surface area contributed by atoms with E-state index in [0.29, 0.717) is 6.42 Å². The molecule has 100 valence electrons. The molecule has 0 saturated carbocycles. The molecule has 1 aromatic heterocycles. The molecule has 0 saturated heterocycles. The van der Waals surface area contributed by atoms with E-state index in [0.717, 1.165) is 16.1 Å². The quantitative estimate of drug-likeness (QED) is 0.891. The number of benzene rings is 1. The monoisotopic (exact) mass is 273 g/mol. The Morgan fingerprint density at radius 3 is 2.53 bits per heavy atom. The summed E-state index contributed by atoms with van der Waals surface area (Å²) >= 11 is 1.61. The molecule has 1 aromatic carbocycles. The van der Waals surface area contributed by atoms with E-state index >= 15 is 0 Å². The van der Waals surface area contributed by atoms with Crippen molar-refractivity contribution in [3.05, 3.63) is 52.2 Å². The largest absolute Gasteiger partial charge is 0.326 e. The van der Waals surface area contributed by atoms with Gasteiger partial charge >= 0.3 is 0 Å². The Kier molecular flexibility index (Phi) is 4.05. The summed E-state index contributed by atoms with van der Waals surface area (Å²) in [5.74, 6) is 0.0409. The lowest BCUT2D eigenvalue weighted by atomic mass is 9.86. The van der Waals surface area contributed by atoms with Gasteiger partial charge in [0.15, 0.2) is 0 Å². The molecule has 0 bridgehead atoms. The first kappa shape index (κ1) is 13.8. The lowest BCUT2D eigenvalue weighted by molar-refractivity contribution is -0.115.